The first-order valence-corrected chi connectivity index (χ1v) is 14.7. The van der Waals surface area contributed by atoms with E-state index in [1.54, 1.807) is 0 Å². The molecule has 2 unspecified atom stereocenters. The van der Waals surface area contributed by atoms with Crippen molar-refractivity contribution in [3.63, 3.8) is 0 Å². The van der Waals surface area contributed by atoms with Gasteiger partial charge in [-0.2, -0.15) is 0 Å². The van der Waals surface area contributed by atoms with Crippen molar-refractivity contribution >= 4 is 40.2 Å². The molecule has 198 valence electrons. The van der Waals surface area contributed by atoms with E-state index in [1.165, 1.54) is 36.6 Å². The number of carbonyl (C=O) groups is 1. The zero-order chi connectivity index (χ0) is 25.9. The quantitative estimate of drug-likeness (QED) is 0.264. The number of esters is 1. The number of likely N-dealkylation sites (tertiary alicyclic amines) is 1. The van der Waals surface area contributed by atoms with Gasteiger partial charge in [0, 0.05) is 11.6 Å². The number of thioether (sulfide) groups is 1. The molecule has 0 radical (unpaired) electrons. The first-order valence-electron chi connectivity index (χ1n) is 13.1. The molecule has 0 N–H and O–H groups in total. The van der Waals surface area contributed by atoms with E-state index in [0.717, 1.165) is 38.0 Å². The van der Waals surface area contributed by atoms with Gasteiger partial charge >= 0.3 is 5.97 Å². The maximum Gasteiger partial charge on any atom is 0.317 e. The Kier molecular flexibility index (Phi) is 11.0. The van der Waals surface area contributed by atoms with Gasteiger partial charge in [-0.3, -0.25) is 9.79 Å². The second-order valence-corrected chi connectivity index (χ2v) is 10.6. The lowest BCUT2D eigenvalue weighted by Crippen LogP contribution is -2.38. The summed E-state index contributed by atoms with van der Waals surface area (Å²) in [7, 11) is 0. The third kappa shape index (κ3) is 8.40. The lowest BCUT2D eigenvalue weighted by Gasteiger charge is -2.29. The standard InChI is InChI=1S/C29H36ClN3O3S/c1-37-29-31-25(21-35-19-17-33-15-6-3-7-16-33)26(27(32-29)23-13-8-14-24(30)20-23)28(34)36-18-9-12-22-10-4-2-5-11-22/h2,4-5,8,10-11,13-14,20,26-27H,3,6-7,9,12,15-19,21H2,1H3. The SMILES string of the molecule is CSC1=NC(c2cccc(Cl)c2)C(C(=O)OCCCc2ccccc2)C(COCCN2CCCCC2)=N1. The lowest BCUT2D eigenvalue weighted by atomic mass is 9.88. The highest BCUT2D eigenvalue weighted by molar-refractivity contribution is 8.13. The molecule has 2 aliphatic rings. The fourth-order valence-electron chi connectivity index (χ4n) is 4.78. The second kappa shape index (κ2) is 14.7. The van der Waals surface area contributed by atoms with Crippen LogP contribution in [0.25, 0.3) is 0 Å². The fraction of sp³-hybridized carbons (Fsp3) is 0.483. The average molecular weight is 542 g/mol. The van der Waals surface area contributed by atoms with Crippen LogP contribution >= 0.6 is 23.4 Å². The Morgan fingerprint density at radius 2 is 1.89 bits per heavy atom. The third-order valence-corrected chi connectivity index (χ3v) is 7.53. The van der Waals surface area contributed by atoms with Crippen molar-refractivity contribution in [2.75, 3.05) is 45.7 Å². The number of ether oxygens (including phenoxy) is 2. The summed E-state index contributed by atoms with van der Waals surface area (Å²) in [4.78, 5) is 25.5. The van der Waals surface area contributed by atoms with Gasteiger partial charge in [-0.1, -0.05) is 72.2 Å². The minimum Gasteiger partial charge on any atom is -0.465 e. The van der Waals surface area contributed by atoms with Gasteiger partial charge in [0.1, 0.15) is 5.92 Å². The normalized spacial score (nSPS) is 20.3. The Labute approximate surface area is 229 Å². The van der Waals surface area contributed by atoms with Gasteiger partial charge in [0.05, 0.1) is 31.6 Å². The van der Waals surface area contributed by atoms with Crippen molar-refractivity contribution in [2.24, 2.45) is 15.9 Å². The molecular formula is C29H36ClN3O3S. The zero-order valence-corrected chi connectivity index (χ0v) is 23.1. The molecule has 2 atom stereocenters. The number of piperidine rings is 1. The molecule has 0 aliphatic carbocycles. The number of aryl methyl sites for hydroxylation is 1. The topological polar surface area (TPSA) is 63.5 Å². The summed E-state index contributed by atoms with van der Waals surface area (Å²) in [6.07, 6.45) is 7.35. The van der Waals surface area contributed by atoms with E-state index >= 15 is 0 Å². The number of nitrogens with zero attached hydrogens (tertiary/aromatic N) is 3. The Morgan fingerprint density at radius 1 is 1.08 bits per heavy atom. The summed E-state index contributed by atoms with van der Waals surface area (Å²) in [5.74, 6) is -0.971. The minimum atomic E-state index is -0.652. The minimum absolute atomic E-state index is 0.272. The molecule has 1 fully saturated rings. The predicted molar refractivity (Wildman–Crippen MR) is 153 cm³/mol. The van der Waals surface area contributed by atoms with Crippen molar-refractivity contribution in [3.8, 4) is 0 Å². The molecule has 37 heavy (non-hydrogen) atoms. The molecule has 4 rings (SSSR count). The summed E-state index contributed by atoms with van der Waals surface area (Å²) in [5, 5.41) is 1.24. The number of aliphatic imine (C=N–C) groups is 2. The first kappa shape index (κ1) is 27.8. The first-order chi connectivity index (χ1) is 18.1. The monoisotopic (exact) mass is 541 g/mol. The van der Waals surface area contributed by atoms with Crippen LogP contribution in [-0.4, -0.2) is 67.5 Å². The molecule has 0 amide bonds. The van der Waals surface area contributed by atoms with Crippen LogP contribution in [0, 0.1) is 5.92 Å². The Bertz CT molecular complexity index is 1070. The van der Waals surface area contributed by atoms with E-state index in [1.807, 2.05) is 48.7 Å². The molecular weight excluding hydrogens is 506 g/mol. The third-order valence-electron chi connectivity index (χ3n) is 6.74. The average Bonchev–Trinajstić information content (AvgIpc) is 2.94. The van der Waals surface area contributed by atoms with E-state index in [0.29, 0.717) is 29.1 Å². The summed E-state index contributed by atoms with van der Waals surface area (Å²) in [5.41, 5.74) is 2.76. The van der Waals surface area contributed by atoms with Gasteiger partial charge in [-0.05, 0) is 68.3 Å². The van der Waals surface area contributed by atoms with Gasteiger partial charge in [0.25, 0.3) is 0 Å². The van der Waals surface area contributed by atoms with E-state index in [4.69, 9.17) is 31.1 Å². The molecule has 6 nitrogen and oxygen atoms in total. The highest BCUT2D eigenvalue weighted by atomic mass is 35.5. The van der Waals surface area contributed by atoms with E-state index in [-0.39, 0.29) is 12.6 Å². The summed E-state index contributed by atoms with van der Waals surface area (Å²) in [6, 6.07) is 17.3. The van der Waals surface area contributed by atoms with Crippen LogP contribution in [-0.2, 0) is 20.7 Å². The molecule has 2 aromatic carbocycles. The second-order valence-electron chi connectivity index (χ2n) is 9.41. The Hall–Kier alpha value is -2.19. The summed E-state index contributed by atoms with van der Waals surface area (Å²) in [6.45, 7) is 4.36. The Balaban J connectivity index is 1.44. The van der Waals surface area contributed by atoms with Gasteiger partial charge in [-0.15, -0.1) is 0 Å². The van der Waals surface area contributed by atoms with Gasteiger partial charge in [0.15, 0.2) is 5.17 Å². The Morgan fingerprint density at radius 3 is 2.65 bits per heavy atom. The number of halogens is 1. The van der Waals surface area contributed by atoms with Crippen molar-refractivity contribution in [1.82, 2.24) is 4.90 Å². The molecule has 0 bridgehead atoms. The molecule has 1 saturated heterocycles. The van der Waals surface area contributed by atoms with E-state index < -0.39 is 12.0 Å². The van der Waals surface area contributed by atoms with Crippen LogP contribution in [0.15, 0.2) is 64.6 Å². The number of rotatable bonds is 11. The fourth-order valence-corrected chi connectivity index (χ4v) is 5.40. The van der Waals surface area contributed by atoms with Crippen molar-refractivity contribution < 1.29 is 14.3 Å². The smallest absolute Gasteiger partial charge is 0.317 e. The molecule has 2 heterocycles. The van der Waals surface area contributed by atoms with Crippen LogP contribution in [0.1, 0.15) is 42.9 Å². The highest BCUT2D eigenvalue weighted by Crippen LogP contribution is 2.34. The number of hydrogen-bond acceptors (Lipinski definition) is 7. The molecule has 2 aromatic rings. The van der Waals surface area contributed by atoms with Gasteiger partial charge < -0.3 is 14.4 Å². The lowest BCUT2D eigenvalue weighted by molar-refractivity contribution is -0.147. The van der Waals surface area contributed by atoms with Crippen LogP contribution in [0.2, 0.25) is 5.02 Å². The predicted octanol–water partition coefficient (Wildman–Crippen LogP) is 5.85. The van der Waals surface area contributed by atoms with Crippen molar-refractivity contribution in [2.45, 2.75) is 38.1 Å². The van der Waals surface area contributed by atoms with Gasteiger partial charge in [-0.25, -0.2) is 4.99 Å². The molecule has 0 spiro atoms. The van der Waals surface area contributed by atoms with Crippen LogP contribution in [0.4, 0.5) is 0 Å². The molecule has 8 heteroatoms. The van der Waals surface area contributed by atoms with E-state index in [9.17, 15) is 4.79 Å². The molecule has 2 aliphatic heterocycles. The number of carbonyl (C=O) groups excluding carboxylic acids is 1. The van der Waals surface area contributed by atoms with Crippen molar-refractivity contribution in [1.29, 1.82) is 0 Å². The highest BCUT2D eigenvalue weighted by Gasteiger charge is 2.38. The molecule has 0 saturated carbocycles. The van der Waals surface area contributed by atoms with Gasteiger partial charge in [0.2, 0.25) is 0 Å². The maximum atomic E-state index is 13.5. The number of hydrogen-bond donors (Lipinski definition) is 0. The van der Waals surface area contributed by atoms with Crippen LogP contribution in [0.3, 0.4) is 0 Å². The van der Waals surface area contributed by atoms with Crippen LogP contribution < -0.4 is 0 Å². The largest absolute Gasteiger partial charge is 0.465 e. The van der Waals surface area contributed by atoms with Crippen LogP contribution in [0.5, 0.6) is 0 Å². The number of benzene rings is 2. The zero-order valence-electron chi connectivity index (χ0n) is 21.5. The summed E-state index contributed by atoms with van der Waals surface area (Å²) >= 11 is 7.77. The molecule has 0 aromatic heterocycles. The van der Waals surface area contributed by atoms with E-state index in [2.05, 4.69) is 17.0 Å². The summed E-state index contributed by atoms with van der Waals surface area (Å²) < 4.78 is 11.9. The van der Waals surface area contributed by atoms with Crippen molar-refractivity contribution in [3.05, 3.63) is 70.7 Å². The number of amidine groups is 1. The maximum absolute atomic E-state index is 13.5.